The number of likely N-dealkylation sites (tertiary alicyclic amines) is 1. The highest BCUT2D eigenvalue weighted by Crippen LogP contribution is 2.43. The third-order valence-electron chi connectivity index (χ3n) is 8.58. The molecular formula is C33H46Cl2N4O7S. The summed E-state index contributed by atoms with van der Waals surface area (Å²) in [6, 6.07) is 10.0. The number of piperidine rings is 1. The molecule has 3 aliphatic rings. The largest absolute Gasteiger partial charge is 0.484 e. The first-order valence-electron chi connectivity index (χ1n) is 16.2. The van der Waals surface area contributed by atoms with E-state index in [0.29, 0.717) is 74.6 Å². The van der Waals surface area contributed by atoms with Gasteiger partial charge in [0.05, 0.1) is 36.9 Å². The van der Waals surface area contributed by atoms with Crippen molar-refractivity contribution in [3.63, 3.8) is 0 Å². The summed E-state index contributed by atoms with van der Waals surface area (Å²) < 4.78 is 51.6. The summed E-state index contributed by atoms with van der Waals surface area (Å²) >= 11 is 13.1. The molecule has 260 valence electrons. The van der Waals surface area contributed by atoms with Gasteiger partial charge in [-0.3, -0.25) is 4.90 Å². The zero-order chi connectivity index (χ0) is 33.8. The molecule has 2 aromatic rings. The lowest BCUT2D eigenvalue weighted by atomic mass is 10.0. The van der Waals surface area contributed by atoms with Gasteiger partial charge in [0, 0.05) is 47.8 Å². The normalized spacial score (nSPS) is 23.9. The van der Waals surface area contributed by atoms with Gasteiger partial charge in [-0.1, -0.05) is 23.2 Å². The van der Waals surface area contributed by atoms with Crippen LogP contribution in [-0.2, 0) is 30.7 Å². The average molecular weight is 714 g/mol. The Morgan fingerprint density at radius 2 is 1.81 bits per heavy atom. The van der Waals surface area contributed by atoms with Crippen LogP contribution in [0.2, 0.25) is 10.0 Å². The van der Waals surface area contributed by atoms with E-state index in [1.54, 1.807) is 30.3 Å². The number of nitrogens with one attached hydrogen (secondary N) is 1. The Morgan fingerprint density at radius 1 is 1.04 bits per heavy atom. The lowest BCUT2D eigenvalue weighted by Crippen LogP contribution is -2.53. The standard InChI is InChI=1S/C33H46Cl2N4O7S/c1-33(2,3)46-32(40)37-23-5-4-12-38(20-23)30-19-27-28(17-22(34)18-29(27)35)31(30)45-24-6-8-26(9-7-24)47(41,42)39-13-10-25(21-39)44-16-15-43-14-11-36/h6-9,17-18,23,25,30-31H,4-5,10-16,19-21,36H2,1-3H3,(H,37,40)/t23-,25-,30+,31+/m1/s1. The Labute approximate surface area is 288 Å². The van der Waals surface area contributed by atoms with Gasteiger partial charge in [-0.2, -0.15) is 4.31 Å². The fraction of sp³-hybridized carbons (Fsp3) is 0.606. The molecule has 0 saturated carbocycles. The van der Waals surface area contributed by atoms with Crippen molar-refractivity contribution >= 4 is 39.3 Å². The summed E-state index contributed by atoms with van der Waals surface area (Å²) in [6.45, 7) is 9.39. The van der Waals surface area contributed by atoms with Crippen LogP contribution in [0.3, 0.4) is 0 Å². The second kappa shape index (κ2) is 15.6. The van der Waals surface area contributed by atoms with Crippen LogP contribution in [0.15, 0.2) is 41.3 Å². The first-order valence-corrected chi connectivity index (χ1v) is 18.4. The zero-order valence-electron chi connectivity index (χ0n) is 27.3. The minimum atomic E-state index is -3.71. The third-order valence-corrected chi connectivity index (χ3v) is 11.0. The number of fused-ring (bicyclic) bond motifs is 1. The number of carbonyl (C=O) groups is 1. The van der Waals surface area contributed by atoms with Gasteiger partial charge in [0.15, 0.2) is 0 Å². The summed E-state index contributed by atoms with van der Waals surface area (Å²) in [4.78, 5) is 15.0. The highest BCUT2D eigenvalue weighted by molar-refractivity contribution is 7.89. The van der Waals surface area contributed by atoms with Gasteiger partial charge < -0.3 is 30.0 Å². The van der Waals surface area contributed by atoms with Crippen molar-refractivity contribution < 1.29 is 32.2 Å². The molecule has 3 N–H and O–H groups in total. The summed E-state index contributed by atoms with van der Waals surface area (Å²) in [5, 5.41) is 4.13. The summed E-state index contributed by atoms with van der Waals surface area (Å²) in [5.41, 5.74) is 6.73. The quantitative estimate of drug-likeness (QED) is 0.299. The fourth-order valence-corrected chi connectivity index (χ4v) is 8.55. The number of hydrogen-bond donors (Lipinski definition) is 2. The Kier molecular flexibility index (Phi) is 12.0. The predicted molar refractivity (Wildman–Crippen MR) is 181 cm³/mol. The van der Waals surface area contributed by atoms with E-state index in [1.807, 2.05) is 26.8 Å². The highest BCUT2D eigenvalue weighted by atomic mass is 35.5. The molecule has 0 unspecified atom stereocenters. The molecule has 11 nitrogen and oxygen atoms in total. The first kappa shape index (κ1) is 36.1. The number of carbonyl (C=O) groups excluding carboxylic acids is 1. The number of benzene rings is 2. The van der Waals surface area contributed by atoms with E-state index in [9.17, 15) is 13.2 Å². The average Bonchev–Trinajstić information content (AvgIpc) is 3.62. The number of hydrogen-bond acceptors (Lipinski definition) is 9. The summed E-state index contributed by atoms with van der Waals surface area (Å²) in [6.07, 6.45) is 1.99. The minimum absolute atomic E-state index is 0.0742. The number of alkyl carbamates (subject to hydrolysis) is 1. The van der Waals surface area contributed by atoms with Crippen molar-refractivity contribution in [1.29, 1.82) is 0 Å². The smallest absolute Gasteiger partial charge is 0.407 e. The summed E-state index contributed by atoms with van der Waals surface area (Å²) in [5.74, 6) is 0.531. The van der Waals surface area contributed by atoms with E-state index in [0.717, 1.165) is 30.5 Å². The van der Waals surface area contributed by atoms with Crippen LogP contribution in [0.4, 0.5) is 4.79 Å². The molecule has 14 heteroatoms. The van der Waals surface area contributed by atoms with E-state index < -0.39 is 27.8 Å². The topological polar surface area (TPSA) is 133 Å². The van der Waals surface area contributed by atoms with E-state index in [2.05, 4.69) is 10.2 Å². The fourth-order valence-electron chi connectivity index (χ4n) is 6.48. The number of nitrogens with zero attached hydrogens (tertiary/aromatic N) is 2. The molecular weight excluding hydrogens is 667 g/mol. The molecule has 0 bridgehead atoms. The Bertz CT molecular complexity index is 1490. The maximum atomic E-state index is 13.4. The SMILES string of the molecule is CC(C)(C)OC(=O)N[C@@H]1CCCN([C@H]2Cc3c(Cl)cc(Cl)cc3[C@@H]2Oc2ccc(S(=O)(=O)N3CC[C@@H](OCCOCCN)C3)cc2)C1. The van der Waals surface area contributed by atoms with Crippen molar-refractivity contribution in [2.45, 2.75) is 81.2 Å². The first-order chi connectivity index (χ1) is 22.3. The van der Waals surface area contributed by atoms with Crippen molar-refractivity contribution in [2.24, 2.45) is 5.73 Å². The van der Waals surface area contributed by atoms with E-state index >= 15 is 0 Å². The van der Waals surface area contributed by atoms with Gasteiger partial charge in [0.2, 0.25) is 10.0 Å². The van der Waals surface area contributed by atoms with Crippen LogP contribution < -0.4 is 15.8 Å². The molecule has 4 atom stereocenters. The molecule has 2 aliphatic heterocycles. The van der Waals surface area contributed by atoms with E-state index in [-0.39, 0.29) is 23.1 Å². The van der Waals surface area contributed by atoms with Crippen LogP contribution in [-0.4, -0.2) is 100 Å². The van der Waals surface area contributed by atoms with Crippen LogP contribution in [0.1, 0.15) is 57.3 Å². The number of ether oxygens (including phenoxy) is 4. The number of rotatable bonds is 12. The molecule has 2 aromatic carbocycles. The molecule has 0 spiro atoms. The minimum Gasteiger partial charge on any atom is -0.484 e. The van der Waals surface area contributed by atoms with Crippen molar-refractivity contribution in [2.75, 3.05) is 52.5 Å². The van der Waals surface area contributed by atoms with Gasteiger partial charge in [-0.05, 0) is 95.0 Å². The van der Waals surface area contributed by atoms with Crippen LogP contribution in [0.5, 0.6) is 5.75 Å². The summed E-state index contributed by atoms with van der Waals surface area (Å²) in [7, 11) is -3.71. The number of amides is 1. The maximum absolute atomic E-state index is 13.4. The molecule has 0 radical (unpaired) electrons. The van der Waals surface area contributed by atoms with Gasteiger partial charge in [-0.25, -0.2) is 13.2 Å². The zero-order valence-corrected chi connectivity index (χ0v) is 29.6. The van der Waals surface area contributed by atoms with E-state index in [1.165, 1.54) is 4.31 Å². The second-order valence-corrected chi connectivity index (χ2v) is 16.0. The Morgan fingerprint density at radius 3 is 2.53 bits per heavy atom. The predicted octanol–water partition coefficient (Wildman–Crippen LogP) is 4.78. The van der Waals surface area contributed by atoms with Gasteiger partial charge in [0.25, 0.3) is 0 Å². The molecule has 47 heavy (non-hydrogen) atoms. The van der Waals surface area contributed by atoms with E-state index in [4.69, 9.17) is 47.9 Å². The molecule has 1 amide bonds. The van der Waals surface area contributed by atoms with Crippen LogP contribution >= 0.6 is 23.2 Å². The maximum Gasteiger partial charge on any atom is 0.407 e. The molecule has 2 fully saturated rings. The Hall–Kier alpha value is -2.16. The highest BCUT2D eigenvalue weighted by Gasteiger charge is 2.41. The molecule has 2 saturated heterocycles. The molecule has 0 aromatic heterocycles. The number of nitrogens with two attached hydrogens (primary N) is 1. The molecule has 2 heterocycles. The van der Waals surface area contributed by atoms with Crippen molar-refractivity contribution in [1.82, 2.24) is 14.5 Å². The number of sulfonamides is 1. The second-order valence-electron chi connectivity index (χ2n) is 13.3. The monoisotopic (exact) mass is 712 g/mol. The van der Waals surface area contributed by atoms with Crippen molar-refractivity contribution in [3.05, 3.63) is 57.6 Å². The van der Waals surface area contributed by atoms with Gasteiger partial charge in [-0.15, -0.1) is 0 Å². The van der Waals surface area contributed by atoms with Gasteiger partial charge in [0.1, 0.15) is 17.5 Å². The van der Waals surface area contributed by atoms with Crippen LogP contribution in [0.25, 0.3) is 0 Å². The lowest BCUT2D eigenvalue weighted by molar-refractivity contribution is 0.0131. The van der Waals surface area contributed by atoms with Crippen LogP contribution in [0, 0.1) is 0 Å². The number of halogens is 2. The lowest BCUT2D eigenvalue weighted by Gasteiger charge is -2.39. The molecule has 5 rings (SSSR count). The molecule has 1 aliphatic carbocycles. The Balaban J connectivity index is 1.27. The van der Waals surface area contributed by atoms with Gasteiger partial charge >= 0.3 is 6.09 Å². The van der Waals surface area contributed by atoms with Crippen molar-refractivity contribution in [3.8, 4) is 5.75 Å². The third kappa shape index (κ3) is 9.30.